The highest BCUT2D eigenvalue weighted by Gasteiger charge is 2.14. The first-order chi connectivity index (χ1) is 15.3. The zero-order valence-corrected chi connectivity index (χ0v) is 19.7. The van der Waals surface area contributed by atoms with Gasteiger partial charge in [0, 0.05) is 49.8 Å². The number of halogens is 1. The predicted octanol–water partition coefficient (Wildman–Crippen LogP) is 3.24. The zero-order chi connectivity index (χ0) is 23.3. The number of aromatic nitrogens is 2. The average molecular weight is 457 g/mol. The predicted molar refractivity (Wildman–Crippen MR) is 125 cm³/mol. The summed E-state index contributed by atoms with van der Waals surface area (Å²) in [6, 6.07) is 7.49. The highest BCUT2D eigenvalue weighted by atomic mass is 35.5. The van der Waals surface area contributed by atoms with E-state index in [9.17, 15) is 9.59 Å². The lowest BCUT2D eigenvalue weighted by Crippen LogP contribution is -2.31. The summed E-state index contributed by atoms with van der Waals surface area (Å²) in [5.41, 5.74) is 3.99. The number of nitrogens with zero attached hydrogens (tertiary/aromatic N) is 2. The Bertz CT molecular complexity index is 1170. The van der Waals surface area contributed by atoms with Gasteiger partial charge in [-0.3, -0.25) is 9.59 Å². The molecule has 0 fully saturated rings. The quantitative estimate of drug-likeness (QED) is 0.516. The molecule has 0 spiro atoms. The smallest absolute Gasteiger partial charge is 0.254 e. The third-order valence-corrected chi connectivity index (χ3v) is 5.67. The third-order valence-electron chi connectivity index (χ3n) is 5.44. The first kappa shape index (κ1) is 23.8. The largest absolute Gasteiger partial charge is 0.446 e. The lowest BCUT2D eigenvalue weighted by molar-refractivity contribution is -0.120. The van der Waals surface area contributed by atoms with E-state index in [1.54, 1.807) is 17.7 Å². The Kier molecular flexibility index (Phi) is 7.88. The van der Waals surface area contributed by atoms with Crippen LogP contribution in [0.3, 0.4) is 0 Å². The highest BCUT2D eigenvalue weighted by molar-refractivity contribution is 6.30. The second-order valence-corrected chi connectivity index (χ2v) is 8.29. The number of hydrogen-bond acceptors (Lipinski definition) is 5. The van der Waals surface area contributed by atoms with Crippen LogP contribution in [0.15, 0.2) is 39.7 Å². The summed E-state index contributed by atoms with van der Waals surface area (Å²) >= 11 is 6.12. The van der Waals surface area contributed by atoms with E-state index in [2.05, 4.69) is 15.6 Å². The minimum atomic E-state index is -0.207. The maximum absolute atomic E-state index is 13.0. The first-order valence-corrected chi connectivity index (χ1v) is 11.0. The van der Waals surface area contributed by atoms with Crippen molar-refractivity contribution < 1.29 is 9.21 Å². The zero-order valence-electron chi connectivity index (χ0n) is 18.9. The summed E-state index contributed by atoms with van der Waals surface area (Å²) in [6.07, 6.45) is 2.37. The fraction of sp³-hybridized carbons (Fsp3) is 0.375. The van der Waals surface area contributed by atoms with Crippen molar-refractivity contribution in [2.45, 2.75) is 53.2 Å². The van der Waals surface area contributed by atoms with Crippen molar-refractivity contribution in [1.82, 2.24) is 20.2 Å². The van der Waals surface area contributed by atoms with Crippen molar-refractivity contribution in [2.24, 2.45) is 0 Å². The van der Waals surface area contributed by atoms with Crippen molar-refractivity contribution in [3.05, 3.63) is 85.4 Å². The van der Waals surface area contributed by atoms with Gasteiger partial charge in [0.25, 0.3) is 5.56 Å². The number of benzene rings is 1. The van der Waals surface area contributed by atoms with Gasteiger partial charge in [0.2, 0.25) is 5.91 Å². The van der Waals surface area contributed by atoms with E-state index in [0.717, 1.165) is 28.1 Å². The molecule has 0 atom stereocenters. The normalized spacial score (nSPS) is 11.0. The van der Waals surface area contributed by atoms with Crippen LogP contribution in [0.1, 0.15) is 39.6 Å². The molecule has 0 saturated heterocycles. The van der Waals surface area contributed by atoms with Gasteiger partial charge in [-0.2, -0.15) is 0 Å². The molecular formula is C24H29ClN4O3. The highest BCUT2D eigenvalue weighted by Crippen LogP contribution is 2.16. The van der Waals surface area contributed by atoms with E-state index in [0.29, 0.717) is 42.5 Å². The monoisotopic (exact) mass is 456 g/mol. The molecular weight excluding hydrogens is 428 g/mol. The van der Waals surface area contributed by atoms with Crippen LogP contribution in [0.4, 0.5) is 0 Å². The number of rotatable bonds is 9. The van der Waals surface area contributed by atoms with E-state index in [4.69, 9.17) is 16.0 Å². The van der Waals surface area contributed by atoms with E-state index >= 15 is 0 Å². The minimum absolute atomic E-state index is 0.0233. The Hall–Kier alpha value is -2.90. The van der Waals surface area contributed by atoms with Crippen LogP contribution in [0.25, 0.3) is 0 Å². The summed E-state index contributed by atoms with van der Waals surface area (Å²) in [4.78, 5) is 30.0. The first-order valence-electron chi connectivity index (χ1n) is 10.6. The van der Waals surface area contributed by atoms with Crippen LogP contribution in [0.5, 0.6) is 0 Å². The van der Waals surface area contributed by atoms with Crippen molar-refractivity contribution in [2.75, 3.05) is 7.05 Å². The van der Waals surface area contributed by atoms with Crippen LogP contribution in [0, 0.1) is 20.8 Å². The molecule has 0 bridgehead atoms. The number of carbonyl (C=O) groups excluding carboxylic acids is 1. The molecule has 8 heteroatoms. The third kappa shape index (κ3) is 5.87. The number of pyridine rings is 1. The number of aryl methyl sites for hydroxylation is 5. The maximum atomic E-state index is 13.0. The van der Waals surface area contributed by atoms with Crippen molar-refractivity contribution >= 4 is 17.5 Å². The molecule has 170 valence electrons. The van der Waals surface area contributed by atoms with E-state index in [-0.39, 0.29) is 17.9 Å². The van der Waals surface area contributed by atoms with Crippen LogP contribution in [-0.4, -0.2) is 22.5 Å². The Morgan fingerprint density at radius 2 is 1.94 bits per heavy atom. The average Bonchev–Trinajstić information content (AvgIpc) is 3.07. The molecule has 0 aliphatic rings. The van der Waals surface area contributed by atoms with Crippen LogP contribution in [0.2, 0.25) is 5.02 Å². The van der Waals surface area contributed by atoms with Gasteiger partial charge >= 0.3 is 0 Å². The van der Waals surface area contributed by atoms with E-state index in [1.165, 1.54) is 0 Å². The molecule has 3 rings (SSSR count). The lowest BCUT2D eigenvalue weighted by atomic mass is 10.1. The molecule has 2 N–H and O–H groups in total. The molecule has 2 aromatic heterocycles. The van der Waals surface area contributed by atoms with E-state index < -0.39 is 0 Å². The van der Waals surface area contributed by atoms with Crippen molar-refractivity contribution in [1.29, 1.82) is 0 Å². The van der Waals surface area contributed by atoms with Gasteiger partial charge in [0.05, 0.1) is 12.1 Å². The molecule has 0 saturated carbocycles. The number of oxazole rings is 1. The van der Waals surface area contributed by atoms with Crippen LogP contribution in [-0.2, 0) is 37.3 Å². The Morgan fingerprint density at radius 1 is 1.16 bits per heavy atom. The Labute approximate surface area is 192 Å². The van der Waals surface area contributed by atoms with E-state index in [1.807, 2.05) is 45.2 Å². The van der Waals surface area contributed by atoms with Gasteiger partial charge in [-0.15, -0.1) is 0 Å². The summed E-state index contributed by atoms with van der Waals surface area (Å²) in [5, 5.41) is 6.65. The molecule has 0 radical (unpaired) electrons. The molecule has 7 nitrogen and oxygen atoms in total. The van der Waals surface area contributed by atoms with Crippen molar-refractivity contribution in [3.63, 3.8) is 0 Å². The Balaban J connectivity index is 1.68. The molecule has 0 aliphatic carbocycles. The molecule has 32 heavy (non-hydrogen) atoms. The summed E-state index contributed by atoms with van der Waals surface area (Å²) in [6.45, 7) is 7.01. The second kappa shape index (κ2) is 10.6. The maximum Gasteiger partial charge on any atom is 0.254 e. The van der Waals surface area contributed by atoms with Gasteiger partial charge in [-0.25, -0.2) is 4.98 Å². The Morgan fingerprint density at radius 3 is 2.62 bits per heavy atom. The van der Waals surface area contributed by atoms with Crippen LogP contribution < -0.4 is 16.2 Å². The summed E-state index contributed by atoms with van der Waals surface area (Å²) < 4.78 is 7.09. The second-order valence-electron chi connectivity index (χ2n) is 7.86. The molecule has 0 unspecified atom stereocenters. The topological polar surface area (TPSA) is 89.2 Å². The van der Waals surface area contributed by atoms with Gasteiger partial charge in [-0.1, -0.05) is 17.7 Å². The standard InChI is InChI=1S/C24H29ClN4O3/c1-15-7-9-29(10-8-22-16(2)32-17(3)28-22)24(31)21(15)12-23(30)27-14-19-11-20(25)6-5-18(19)13-26-4/h5-7,9,11,26H,8,10,12-14H2,1-4H3,(H,27,30). The molecule has 3 aromatic rings. The molecule has 2 heterocycles. The number of amides is 1. The molecule has 0 aliphatic heterocycles. The van der Waals surface area contributed by atoms with Gasteiger partial charge < -0.3 is 19.6 Å². The van der Waals surface area contributed by atoms with Gasteiger partial charge in [0.1, 0.15) is 5.76 Å². The van der Waals surface area contributed by atoms with Gasteiger partial charge in [-0.05, 0) is 55.8 Å². The summed E-state index contributed by atoms with van der Waals surface area (Å²) in [7, 11) is 1.87. The number of carbonyl (C=O) groups is 1. The summed E-state index contributed by atoms with van der Waals surface area (Å²) in [5.74, 6) is 1.17. The van der Waals surface area contributed by atoms with Gasteiger partial charge in [0.15, 0.2) is 5.89 Å². The van der Waals surface area contributed by atoms with Crippen LogP contribution >= 0.6 is 11.6 Å². The molecule has 1 amide bonds. The minimum Gasteiger partial charge on any atom is -0.446 e. The SMILES string of the molecule is CNCc1ccc(Cl)cc1CNC(=O)Cc1c(C)ccn(CCc2nc(C)oc2C)c1=O. The van der Waals surface area contributed by atoms with Crippen molar-refractivity contribution in [3.8, 4) is 0 Å². The molecule has 1 aromatic carbocycles. The fourth-order valence-electron chi connectivity index (χ4n) is 3.67. The fourth-order valence-corrected chi connectivity index (χ4v) is 3.87. The number of nitrogens with one attached hydrogen (secondary N) is 2. The lowest BCUT2D eigenvalue weighted by Gasteiger charge is -2.13. The number of hydrogen-bond donors (Lipinski definition) is 2.